The Kier molecular flexibility index (Phi) is 3.13. The zero-order valence-electron chi connectivity index (χ0n) is 7.77. The van der Waals surface area contributed by atoms with Crippen LogP contribution >= 0.6 is 22.4 Å². The van der Waals surface area contributed by atoms with Crippen LogP contribution < -0.4 is 4.74 Å². The average Bonchev–Trinajstić information content (AvgIpc) is 2.60. The summed E-state index contributed by atoms with van der Waals surface area (Å²) in [5.74, 6) is 1.43. The van der Waals surface area contributed by atoms with E-state index in [0.717, 1.165) is 16.2 Å². The van der Waals surface area contributed by atoms with Crippen molar-refractivity contribution in [1.29, 1.82) is 0 Å². The van der Waals surface area contributed by atoms with Crippen molar-refractivity contribution >= 4 is 31.5 Å². The lowest BCUT2D eigenvalue weighted by Gasteiger charge is -2.02. The largest absolute Gasteiger partial charge is 0.481 e. The van der Waals surface area contributed by atoms with Crippen LogP contribution in [0.1, 0.15) is 5.56 Å². The Morgan fingerprint density at radius 3 is 3.00 bits per heavy atom. The van der Waals surface area contributed by atoms with E-state index in [4.69, 9.17) is 15.4 Å². The van der Waals surface area contributed by atoms with E-state index in [1.54, 1.807) is 11.8 Å². The molecule has 1 aromatic rings. The number of fused-ring (bicyclic) bond motifs is 1. The van der Waals surface area contributed by atoms with Gasteiger partial charge in [0.2, 0.25) is 9.05 Å². The Hall–Kier alpha value is -0.390. The van der Waals surface area contributed by atoms with E-state index in [-0.39, 0.29) is 5.75 Å². The first kappa shape index (κ1) is 11.1. The van der Waals surface area contributed by atoms with Crippen molar-refractivity contribution in [3.8, 4) is 5.75 Å². The average molecular weight is 265 g/mol. The van der Waals surface area contributed by atoms with Crippen molar-refractivity contribution in [3.63, 3.8) is 0 Å². The molecule has 6 heteroatoms. The summed E-state index contributed by atoms with van der Waals surface area (Å²) in [7, 11) is 1.73. The van der Waals surface area contributed by atoms with E-state index in [1.807, 2.05) is 18.2 Å². The van der Waals surface area contributed by atoms with Crippen molar-refractivity contribution in [1.82, 2.24) is 0 Å². The molecule has 2 rings (SSSR count). The molecule has 1 aliphatic rings. The Morgan fingerprint density at radius 1 is 1.47 bits per heavy atom. The number of hydrogen-bond acceptors (Lipinski definition) is 4. The van der Waals surface area contributed by atoms with Crippen LogP contribution in [0.3, 0.4) is 0 Å². The minimum absolute atomic E-state index is 0.0412. The zero-order valence-corrected chi connectivity index (χ0v) is 10.2. The summed E-state index contributed by atoms with van der Waals surface area (Å²) in [5.41, 5.74) is 0.931. The van der Waals surface area contributed by atoms with Gasteiger partial charge in [0.25, 0.3) is 0 Å². The van der Waals surface area contributed by atoms with Crippen molar-refractivity contribution < 1.29 is 13.2 Å². The number of rotatable bonds is 3. The second-order valence-corrected chi connectivity index (χ2v) is 7.04. The first-order chi connectivity index (χ1) is 7.04. The van der Waals surface area contributed by atoms with Gasteiger partial charge >= 0.3 is 0 Å². The molecule has 0 radical (unpaired) electrons. The monoisotopic (exact) mass is 264 g/mol. The molecule has 0 amide bonds. The van der Waals surface area contributed by atoms with E-state index < -0.39 is 9.05 Å². The smallest absolute Gasteiger partial charge is 0.232 e. The normalized spacial score (nSPS) is 14.7. The highest BCUT2D eigenvalue weighted by atomic mass is 35.7. The van der Waals surface area contributed by atoms with E-state index >= 15 is 0 Å². The number of halogens is 1. The lowest BCUT2D eigenvalue weighted by molar-refractivity contribution is 0.397. The molecule has 15 heavy (non-hydrogen) atoms. The van der Waals surface area contributed by atoms with Crippen molar-refractivity contribution in [2.45, 2.75) is 11.3 Å². The molecule has 0 saturated carbocycles. The van der Waals surface area contributed by atoms with Gasteiger partial charge in [-0.05, 0) is 24.1 Å². The number of aryl methyl sites for hydroxylation is 1. The summed E-state index contributed by atoms with van der Waals surface area (Å²) >= 11 is 1.63. The van der Waals surface area contributed by atoms with Gasteiger partial charge in [-0.3, -0.25) is 0 Å². The van der Waals surface area contributed by atoms with Crippen molar-refractivity contribution in [3.05, 3.63) is 23.8 Å². The third kappa shape index (κ3) is 3.03. The predicted octanol–water partition coefficient (Wildman–Crippen LogP) is 2.24. The minimum atomic E-state index is -3.41. The molecule has 0 unspecified atom stereocenters. The Bertz CT molecular complexity index is 470. The van der Waals surface area contributed by atoms with Crippen LogP contribution in [0.4, 0.5) is 0 Å². The number of thioether (sulfide) groups is 1. The Labute approximate surface area is 97.2 Å². The molecule has 0 aromatic heterocycles. The summed E-state index contributed by atoms with van der Waals surface area (Å²) in [6.45, 7) is 0. The van der Waals surface area contributed by atoms with Gasteiger partial charge in [0.1, 0.15) is 11.7 Å². The van der Waals surface area contributed by atoms with Crippen LogP contribution in [-0.2, 0) is 15.5 Å². The molecule has 1 heterocycles. The van der Waals surface area contributed by atoms with E-state index in [2.05, 4.69) is 0 Å². The van der Waals surface area contributed by atoms with Gasteiger partial charge in [-0.25, -0.2) is 8.42 Å². The van der Waals surface area contributed by atoms with Gasteiger partial charge < -0.3 is 4.74 Å². The fourth-order valence-corrected chi connectivity index (χ4v) is 2.78. The van der Waals surface area contributed by atoms with Crippen LogP contribution in [0, 0.1) is 0 Å². The van der Waals surface area contributed by atoms with E-state index in [9.17, 15) is 8.42 Å². The van der Waals surface area contributed by atoms with Crippen LogP contribution in [0.25, 0.3) is 0 Å². The highest BCUT2D eigenvalue weighted by Gasteiger charge is 2.13. The zero-order chi connectivity index (χ0) is 10.9. The molecule has 0 bridgehead atoms. The molecule has 0 aliphatic carbocycles. The second-order valence-electron chi connectivity index (χ2n) is 3.18. The lowest BCUT2D eigenvalue weighted by Crippen LogP contribution is -2.01. The maximum Gasteiger partial charge on any atom is 0.232 e. The fourth-order valence-electron chi connectivity index (χ4n) is 1.34. The van der Waals surface area contributed by atoms with Gasteiger partial charge in [0.15, 0.2) is 0 Å². The molecule has 82 valence electrons. The summed E-state index contributed by atoms with van der Waals surface area (Å²) in [6, 6.07) is 5.73. The summed E-state index contributed by atoms with van der Waals surface area (Å²) < 4.78 is 26.9. The van der Waals surface area contributed by atoms with E-state index in [1.165, 1.54) is 0 Å². The molecular weight excluding hydrogens is 256 g/mol. The third-order valence-electron chi connectivity index (χ3n) is 2.07. The topological polar surface area (TPSA) is 43.4 Å². The van der Waals surface area contributed by atoms with Crippen LogP contribution in [-0.4, -0.2) is 20.1 Å². The maximum atomic E-state index is 10.8. The summed E-state index contributed by atoms with van der Waals surface area (Å²) in [5, 5.41) is 0. The van der Waals surface area contributed by atoms with Crippen molar-refractivity contribution in [2.75, 3.05) is 11.7 Å². The SMILES string of the molecule is O=S(=O)(Cl)CCc1ccc2c(c1)OCS2. The molecule has 0 N–H and O–H groups in total. The highest BCUT2D eigenvalue weighted by molar-refractivity contribution is 8.13. The first-order valence-corrected chi connectivity index (χ1v) is 7.82. The molecule has 3 nitrogen and oxygen atoms in total. The molecule has 1 aromatic carbocycles. The first-order valence-electron chi connectivity index (χ1n) is 4.35. The number of ether oxygens (including phenoxy) is 1. The summed E-state index contributed by atoms with van der Waals surface area (Å²) in [4.78, 5) is 1.10. The number of benzene rings is 1. The van der Waals surface area contributed by atoms with E-state index in [0.29, 0.717) is 12.4 Å². The molecule has 0 saturated heterocycles. The maximum absolute atomic E-state index is 10.8. The van der Waals surface area contributed by atoms with Gasteiger partial charge in [0.05, 0.1) is 10.6 Å². The van der Waals surface area contributed by atoms with Crippen LogP contribution in [0.5, 0.6) is 5.75 Å². The lowest BCUT2D eigenvalue weighted by atomic mass is 10.2. The fraction of sp³-hybridized carbons (Fsp3) is 0.333. The molecular formula is C9H9ClO3S2. The molecule has 0 fully saturated rings. The molecule has 0 atom stereocenters. The van der Waals surface area contributed by atoms with Crippen molar-refractivity contribution in [2.24, 2.45) is 0 Å². The standard InChI is InChI=1S/C9H9ClO3S2/c10-15(11,12)4-3-7-1-2-9-8(5-7)13-6-14-9/h1-2,5H,3-4,6H2. The second kappa shape index (κ2) is 4.23. The number of hydrogen-bond donors (Lipinski definition) is 0. The van der Waals surface area contributed by atoms with Gasteiger partial charge in [0, 0.05) is 10.7 Å². The minimum Gasteiger partial charge on any atom is -0.481 e. The van der Waals surface area contributed by atoms with Crippen LogP contribution in [0.2, 0.25) is 0 Å². The third-order valence-corrected chi connectivity index (χ3v) is 4.11. The van der Waals surface area contributed by atoms with Gasteiger partial charge in [-0.1, -0.05) is 17.8 Å². The van der Waals surface area contributed by atoms with Crippen LogP contribution in [0.15, 0.2) is 23.1 Å². The summed E-state index contributed by atoms with van der Waals surface area (Å²) in [6.07, 6.45) is 0.424. The molecule has 1 aliphatic heterocycles. The quantitative estimate of drug-likeness (QED) is 0.786. The molecule has 0 spiro atoms. The predicted molar refractivity (Wildman–Crippen MR) is 61.1 cm³/mol. The Morgan fingerprint density at radius 2 is 2.27 bits per heavy atom. The van der Waals surface area contributed by atoms with Gasteiger partial charge in [-0.2, -0.15) is 0 Å². The highest BCUT2D eigenvalue weighted by Crippen LogP contribution is 2.36. The Balaban J connectivity index is 2.10. The van der Waals surface area contributed by atoms with Gasteiger partial charge in [-0.15, -0.1) is 0 Å².